The normalized spacial score (nSPS) is 11.6. The molecular formula is C7H3F3N. The molecule has 11 heavy (non-hydrogen) atoms. The van der Waals surface area contributed by atoms with Crippen LogP contribution < -0.4 is 0 Å². The third-order valence-electron chi connectivity index (χ3n) is 1.12. The van der Waals surface area contributed by atoms with Gasteiger partial charge in [-0.3, -0.25) is 0 Å². The quantitative estimate of drug-likeness (QED) is 0.561. The number of hydrogen-bond acceptors (Lipinski definition) is 1. The van der Waals surface area contributed by atoms with Crippen molar-refractivity contribution in [2.45, 2.75) is 13.1 Å². The molecule has 0 saturated heterocycles. The number of pyridine rings is 1. The lowest BCUT2D eigenvalue weighted by molar-refractivity contribution is -0.138. The second-order valence-electron chi connectivity index (χ2n) is 1.96. The summed E-state index contributed by atoms with van der Waals surface area (Å²) >= 11 is 0. The molecule has 0 amide bonds. The van der Waals surface area contributed by atoms with E-state index in [4.69, 9.17) is 0 Å². The molecule has 0 spiro atoms. The molecule has 3 radical (unpaired) electrons. The monoisotopic (exact) mass is 158 g/mol. The first-order valence-corrected chi connectivity index (χ1v) is 2.76. The van der Waals surface area contributed by atoms with Crippen LogP contribution in [0.15, 0.2) is 0 Å². The molecule has 4 heteroatoms. The molecule has 1 aromatic heterocycles. The number of alkyl halides is 3. The van der Waals surface area contributed by atoms with E-state index < -0.39 is 11.7 Å². The van der Waals surface area contributed by atoms with E-state index >= 15 is 0 Å². The minimum atomic E-state index is -4.37. The number of aromatic nitrogens is 1. The highest BCUT2D eigenvalue weighted by atomic mass is 19.4. The Balaban J connectivity index is 3.14. The molecule has 0 aliphatic carbocycles. The Bertz CT molecular complexity index is 254. The standard InChI is InChI=1S/C7H3F3N/c1-5-4-11-3-2-6(5)7(8,9)10/h1H3. The largest absolute Gasteiger partial charge is 0.417 e. The molecule has 1 heterocycles. The van der Waals surface area contributed by atoms with Crippen LogP contribution in [0.4, 0.5) is 13.2 Å². The van der Waals surface area contributed by atoms with Crippen LogP contribution >= 0.6 is 0 Å². The zero-order chi connectivity index (χ0) is 8.48. The third-order valence-corrected chi connectivity index (χ3v) is 1.12. The first kappa shape index (κ1) is 8.04. The van der Waals surface area contributed by atoms with E-state index in [2.05, 4.69) is 11.2 Å². The number of halogens is 3. The molecule has 0 bridgehead atoms. The van der Waals surface area contributed by atoms with Gasteiger partial charge in [0, 0.05) is 6.07 Å². The molecule has 1 rings (SSSR count). The molecule has 0 N–H and O–H groups in total. The number of aryl methyl sites for hydroxylation is 1. The fourth-order valence-electron chi connectivity index (χ4n) is 0.629. The van der Waals surface area contributed by atoms with Gasteiger partial charge >= 0.3 is 6.18 Å². The van der Waals surface area contributed by atoms with Crippen molar-refractivity contribution >= 4 is 0 Å². The van der Waals surface area contributed by atoms with Gasteiger partial charge in [-0.15, -0.1) is 0 Å². The zero-order valence-electron chi connectivity index (χ0n) is 5.58. The minimum absolute atomic E-state index is 0.0590. The number of rotatable bonds is 0. The van der Waals surface area contributed by atoms with Crippen LogP contribution in [0.25, 0.3) is 0 Å². The molecule has 0 aliphatic rings. The SMILES string of the molecule is Cc1[c]n[c][c]c1C(F)(F)F. The van der Waals surface area contributed by atoms with Crippen molar-refractivity contribution in [2.24, 2.45) is 0 Å². The fraction of sp³-hybridized carbons (Fsp3) is 0.286. The summed E-state index contributed by atoms with van der Waals surface area (Å²) in [5.41, 5.74) is -0.913. The summed E-state index contributed by atoms with van der Waals surface area (Å²) in [5.74, 6) is 0. The Labute approximate surface area is 61.9 Å². The second-order valence-corrected chi connectivity index (χ2v) is 1.96. The lowest BCUT2D eigenvalue weighted by Crippen LogP contribution is -2.07. The van der Waals surface area contributed by atoms with Gasteiger partial charge in [-0.25, -0.2) is 4.98 Å². The van der Waals surface area contributed by atoms with Gasteiger partial charge in [-0.1, -0.05) is 0 Å². The molecule has 0 unspecified atom stereocenters. The highest BCUT2D eigenvalue weighted by Gasteiger charge is 2.32. The predicted octanol–water partition coefficient (Wildman–Crippen LogP) is 1.81. The van der Waals surface area contributed by atoms with Crippen molar-refractivity contribution < 1.29 is 13.2 Å². The van der Waals surface area contributed by atoms with Crippen molar-refractivity contribution in [1.29, 1.82) is 0 Å². The van der Waals surface area contributed by atoms with Crippen LogP contribution in [-0.4, -0.2) is 4.98 Å². The maximum Gasteiger partial charge on any atom is 0.417 e. The van der Waals surface area contributed by atoms with Gasteiger partial charge in [0.05, 0.1) is 18.0 Å². The predicted molar refractivity (Wildman–Crippen MR) is 30.5 cm³/mol. The van der Waals surface area contributed by atoms with Crippen LogP contribution in [0.1, 0.15) is 11.1 Å². The number of hydrogen-bond donors (Lipinski definition) is 0. The van der Waals surface area contributed by atoms with Gasteiger partial charge < -0.3 is 0 Å². The smallest absolute Gasteiger partial charge is 0.243 e. The summed E-state index contributed by atoms with van der Waals surface area (Å²) in [4.78, 5) is 3.25. The van der Waals surface area contributed by atoms with Gasteiger partial charge in [0.2, 0.25) is 0 Å². The maximum absolute atomic E-state index is 11.9. The zero-order valence-corrected chi connectivity index (χ0v) is 5.58. The Morgan fingerprint density at radius 3 is 2.36 bits per heavy atom. The summed E-state index contributed by atoms with van der Waals surface area (Å²) in [6.45, 7) is 1.28. The molecule has 0 atom stereocenters. The Morgan fingerprint density at radius 1 is 1.36 bits per heavy atom. The molecule has 0 fully saturated rings. The summed E-state index contributed by atoms with van der Waals surface area (Å²) in [6.07, 6.45) is -0.268. The fourth-order valence-corrected chi connectivity index (χ4v) is 0.629. The van der Waals surface area contributed by atoms with Crippen molar-refractivity contribution in [1.82, 2.24) is 4.98 Å². The summed E-state index contributed by atoms with van der Waals surface area (Å²) in [5, 5.41) is 0. The Morgan fingerprint density at radius 2 is 2.00 bits per heavy atom. The van der Waals surface area contributed by atoms with Crippen LogP contribution in [0.5, 0.6) is 0 Å². The van der Waals surface area contributed by atoms with Crippen LogP contribution in [0.2, 0.25) is 0 Å². The highest BCUT2D eigenvalue weighted by molar-refractivity contribution is 5.21. The van der Waals surface area contributed by atoms with Gasteiger partial charge in [0.1, 0.15) is 0 Å². The maximum atomic E-state index is 11.9. The molecule has 0 aromatic carbocycles. The molecule has 1 aromatic rings. The Hall–Kier alpha value is -1.06. The van der Waals surface area contributed by atoms with E-state index in [0.29, 0.717) is 0 Å². The topological polar surface area (TPSA) is 12.9 Å². The van der Waals surface area contributed by atoms with E-state index in [1.165, 1.54) is 6.92 Å². The van der Waals surface area contributed by atoms with E-state index in [0.717, 1.165) is 0 Å². The van der Waals surface area contributed by atoms with Crippen molar-refractivity contribution in [2.75, 3.05) is 0 Å². The van der Waals surface area contributed by atoms with Crippen LogP contribution in [-0.2, 0) is 6.18 Å². The first-order chi connectivity index (χ1) is 5.02. The lowest BCUT2D eigenvalue weighted by Gasteiger charge is -2.06. The highest BCUT2D eigenvalue weighted by Crippen LogP contribution is 2.30. The van der Waals surface area contributed by atoms with Gasteiger partial charge in [0.15, 0.2) is 0 Å². The van der Waals surface area contributed by atoms with E-state index in [9.17, 15) is 13.2 Å². The van der Waals surface area contributed by atoms with E-state index in [1.807, 2.05) is 12.3 Å². The average Bonchev–Trinajstić information content (AvgIpc) is 1.86. The summed E-state index contributed by atoms with van der Waals surface area (Å²) in [7, 11) is 0. The Kier molecular flexibility index (Phi) is 1.85. The summed E-state index contributed by atoms with van der Waals surface area (Å²) in [6, 6.07) is 1.88. The first-order valence-electron chi connectivity index (χ1n) is 2.76. The second kappa shape index (κ2) is 2.53. The van der Waals surface area contributed by atoms with Crippen LogP contribution in [0, 0.1) is 25.4 Å². The molecule has 1 nitrogen and oxygen atoms in total. The molecule has 57 valence electrons. The number of nitrogens with zero attached hydrogens (tertiary/aromatic N) is 1. The third kappa shape index (κ3) is 1.69. The lowest BCUT2D eigenvalue weighted by atomic mass is 10.1. The van der Waals surface area contributed by atoms with Crippen LogP contribution in [0.3, 0.4) is 0 Å². The molecule has 0 aliphatic heterocycles. The molecular weight excluding hydrogens is 155 g/mol. The average molecular weight is 158 g/mol. The minimum Gasteiger partial charge on any atom is -0.243 e. The van der Waals surface area contributed by atoms with Crippen molar-refractivity contribution in [3.63, 3.8) is 0 Å². The van der Waals surface area contributed by atoms with E-state index in [1.54, 1.807) is 0 Å². The summed E-state index contributed by atoms with van der Waals surface area (Å²) < 4.78 is 35.8. The van der Waals surface area contributed by atoms with Gasteiger partial charge in [0.25, 0.3) is 0 Å². The van der Waals surface area contributed by atoms with Crippen molar-refractivity contribution in [3.05, 3.63) is 29.6 Å². The van der Waals surface area contributed by atoms with Crippen molar-refractivity contribution in [3.8, 4) is 0 Å². The van der Waals surface area contributed by atoms with Gasteiger partial charge in [-0.05, 0) is 12.5 Å². The molecule has 0 saturated carbocycles. The van der Waals surface area contributed by atoms with E-state index in [-0.39, 0.29) is 5.56 Å². The van der Waals surface area contributed by atoms with Gasteiger partial charge in [-0.2, -0.15) is 13.2 Å².